The molecule has 0 aliphatic heterocycles. The van der Waals surface area contributed by atoms with Gasteiger partial charge >= 0.3 is 5.97 Å². The molecule has 7 heteroatoms. The Morgan fingerprint density at radius 2 is 1.60 bits per heavy atom. The van der Waals surface area contributed by atoms with E-state index in [0.717, 1.165) is 17.0 Å². The molecule has 2 aromatic rings. The zero-order chi connectivity index (χ0) is 18.4. The van der Waals surface area contributed by atoms with Gasteiger partial charge in [0.2, 0.25) is 0 Å². The van der Waals surface area contributed by atoms with Gasteiger partial charge in [-0.1, -0.05) is 24.3 Å². The van der Waals surface area contributed by atoms with Crippen molar-refractivity contribution in [1.82, 2.24) is 0 Å². The summed E-state index contributed by atoms with van der Waals surface area (Å²) in [6, 6.07) is 12.5. The number of hydrogen-bond acceptors (Lipinski definition) is 4. The van der Waals surface area contributed by atoms with Crippen molar-refractivity contribution >= 4 is 29.3 Å². The van der Waals surface area contributed by atoms with Crippen LogP contribution >= 0.6 is 11.8 Å². The predicted octanol–water partition coefficient (Wildman–Crippen LogP) is 4.02. The normalized spacial score (nSPS) is 13.0. The van der Waals surface area contributed by atoms with E-state index in [1.165, 1.54) is 24.8 Å². The largest absolute Gasteiger partial charge is 0.452 e. The summed E-state index contributed by atoms with van der Waals surface area (Å²) < 4.78 is 32.2. The molecular formula is C18H17F2NO3S. The van der Waals surface area contributed by atoms with Gasteiger partial charge in [0.05, 0.1) is 0 Å². The summed E-state index contributed by atoms with van der Waals surface area (Å²) >= 11 is 1.29. The smallest absolute Gasteiger partial charge is 0.319 e. The Hall–Kier alpha value is -2.41. The number of amides is 1. The van der Waals surface area contributed by atoms with Gasteiger partial charge in [0, 0.05) is 4.90 Å². The fourth-order valence-corrected chi connectivity index (χ4v) is 2.79. The Balaban J connectivity index is 1.93. The van der Waals surface area contributed by atoms with Crippen molar-refractivity contribution in [3.63, 3.8) is 0 Å². The van der Waals surface area contributed by atoms with Crippen molar-refractivity contribution in [3.8, 4) is 0 Å². The van der Waals surface area contributed by atoms with Crippen molar-refractivity contribution in [2.24, 2.45) is 0 Å². The molecule has 2 atom stereocenters. The number of benzene rings is 2. The highest BCUT2D eigenvalue weighted by Gasteiger charge is 2.24. The molecule has 132 valence electrons. The number of hydrogen-bond donors (Lipinski definition) is 1. The van der Waals surface area contributed by atoms with Gasteiger partial charge < -0.3 is 10.1 Å². The van der Waals surface area contributed by atoms with E-state index in [1.54, 1.807) is 6.92 Å². The highest BCUT2D eigenvalue weighted by Crippen LogP contribution is 2.24. The molecule has 0 aliphatic carbocycles. The van der Waals surface area contributed by atoms with Crippen molar-refractivity contribution in [2.45, 2.75) is 30.1 Å². The van der Waals surface area contributed by atoms with Crippen LogP contribution in [0.2, 0.25) is 0 Å². The second-order valence-electron chi connectivity index (χ2n) is 5.24. The Bertz CT molecular complexity index is 735. The zero-order valence-electron chi connectivity index (χ0n) is 13.7. The number of para-hydroxylation sites is 1. The predicted molar refractivity (Wildman–Crippen MR) is 92.3 cm³/mol. The molecule has 0 unspecified atom stereocenters. The van der Waals surface area contributed by atoms with Crippen LogP contribution in [0.4, 0.5) is 14.5 Å². The number of halogens is 2. The van der Waals surface area contributed by atoms with E-state index in [0.29, 0.717) is 0 Å². The monoisotopic (exact) mass is 365 g/mol. The summed E-state index contributed by atoms with van der Waals surface area (Å²) in [4.78, 5) is 25.0. The average Bonchev–Trinajstić information content (AvgIpc) is 2.58. The number of anilines is 1. The highest BCUT2D eigenvalue weighted by molar-refractivity contribution is 8.00. The molecule has 2 rings (SSSR count). The summed E-state index contributed by atoms with van der Waals surface area (Å²) in [5.41, 5.74) is -0.567. The lowest BCUT2D eigenvalue weighted by atomic mass is 10.2. The molecule has 0 heterocycles. The van der Waals surface area contributed by atoms with Crippen LogP contribution in [0.25, 0.3) is 0 Å². The summed E-state index contributed by atoms with van der Waals surface area (Å²) in [5.74, 6) is -3.21. The van der Waals surface area contributed by atoms with Gasteiger partial charge in [-0.25, -0.2) is 8.78 Å². The first-order valence-electron chi connectivity index (χ1n) is 7.55. The summed E-state index contributed by atoms with van der Waals surface area (Å²) in [6.07, 6.45) is -1.19. The average molecular weight is 365 g/mol. The number of carbonyl (C=O) groups is 2. The Kier molecular flexibility index (Phi) is 6.52. The maximum atomic E-state index is 13.5. The third-order valence-corrected chi connectivity index (χ3v) is 4.35. The van der Waals surface area contributed by atoms with Crippen molar-refractivity contribution in [1.29, 1.82) is 0 Å². The van der Waals surface area contributed by atoms with E-state index < -0.39 is 40.6 Å². The summed E-state index contributed by atoms with van der Waals surface area (Å²) in [7, 11) is 0. The van der Waals surface area contributed by atoms with Gasteiger partial charge in [0.1, 0.15) is 22.6 Å². The number of ether oxygens (including phenoxy) is 1. The lowest BCUT2D eigenvalue weighted by molar-refractivity contribution is -0.152. The molecule has 1 N–H and O–H groups in total. The van der Waals surface area contributed by atoms with E-state index in [1.807, 2.05) is 30.3 Å². The molecule has 1 amide bonds. The van der Waals surface area contributed by atoms with Crippen molar-refractivity contribution in [2.75, 3.05) is 5.32 Å². The van der Waals surface area contributed by atoms with Crippen LogP contribution in [0.3, 0.4) is 0 Å². The molecule has 0 aromatic heterocycles. The minimum Gasteiger partial charge on any atom is -0.452 e. The third-order valence-electron chi connectivity index (χ3n) is 3.26. The number of rotatable bonds is 6. The van der Waals surface area contributed by atoms with Gasteiger partial charge in [-0.3, -0.25) is 9.59 Å². The maximum Gasteiger partial charge on any atom is 0.319 e. The number of thioether (sulfide) groups is 1. The zero-order valence-corrected chi connectivity index (χ0v) is 14.5. The molecule has 0 radical (unpaired) electrons. The van der Waals surface area contributed by atoms with E-state index in [2.05, 4.69) is 5.32 Å². The van der Waals surface area contributed by atoms with E-state index in [-0.39, 0.29) is 0 Å². The second-order valence-corrected chi connectivity index (χ2v) is 6.65. The molecule has 0 saturated heterocycles. The number of esters is 1. The van der Waals surface area contributed by atoms with Gasteiger partial charge in [0.25, 0.3) is 5.91 Å². The molecule has 0 bridgehead atoms. The SMILES string of the molecule is C[C@H](OC(=O)[C@@H](C)Sc1ccccc1)C(=O)Nc1c(F)cccc1F. The fourth-order valence-electron chi connectivity index (χ4n) is 1.92. The second kappa shape index (κ2) is 8.62. The minimum atomic E-state index is -1.19. The van der Waals surface area contributed by atoms with Crippen LogP contribution in [0.15, 0.2) is 53.4 Å². The fraction of sp³-hybridized carbons (Fsp3) is 0.222. The number of nitrogens with one attached hydrogen (secondary N) is 1. The molecule has 0 aliphatic rings. The molecule has 2 aromatic carbocycles. The van der Waals surface area contributed by atoms with Crippen LogP contribution in [-0.2, 0) is 14.3 Å². The molecule has 0 fully saturated rings. The first kappa shape index (κ1) is 18.9. The maximum absolute atomic E-state index is 13.5. The van der Waals surface area contributed by atoms with Crippen molar-refractivity contribution < 1.29 is 23.1 Å². The molecule has 0 spiro atoms. The quantitative estimate of drug-likeness (QED) is 0.621. The van der Waals surface area contributed by atoms with Crippen LogP contribution in [-0.4, -0.2) is 23.2 Å². The van der Waals surface area contributed by atoms with Gasteiger partial charge in [-0.15, -0.1) is 11.8 Å². The topological polar surface area (TPSA) is 55.4 Å². The van der Waals surface area contributed by atoms with Crippen LogP contribution in [0, 0.1) is 11.6 Å². The first-order valence-corrected chi connectivity index (χ1v) is 8.43. The van der Waals surface area contributed by atoms with E-state index >= 15 is 0 Å². The van der Waals surface area contributed by atoms with Gasteiger partial charge in [-0.2, -0.15) is 0 Å². The lowest BCUT2D eigenvalue weighted by Gasteiger charge is -2.17. The summed E-state index contributed by atoms with van der Waals surface area (Å²) in [6.45, 7) is 2.99. The van der Waals surface area contributed by atoms with Crippen LogP contribution in [0.1, 0.15) is 13.8 Å². The minimum absolute atomic E-state index is 0.539. The standard InChI is InChI=1S/C18H17F2NO3S/c1-11(17(22)21-16-14(19)9-6-10-15(16)20)24-18(23)12(2)25-13-7-4-3-5-8-13/h3-12H,1-2H3,(H,21,22)/t11-,12+/m0/s1. The Labute approximate surface area is 148 Å². The Morgan fingerprint density at radius 1 is 1.00 bits per heavy atom. The molecule has 4 nitrogen and oxygen atoms in total. The molecule has 25 heavy (non-hydrogen) atoms. The number of carbonyl (C=O) groups excluding carboxylic acids is 2. The lowest BCUT2D eigenvalue weighted by Crippen LogP contribution is -2.33. The highest BCUT2D eigenvalue weighted by atomic mass is 32.2. The van der Waals surface area contributed by atoms with Gasteiger partial charge in [-0.05, 0) is 38.1 Å². The molecule has 0 saturated carbocycles. The van der Waals surface area contributed by atoms with Crippen LogP contribution < -0.4 is 5.32 Å². The van der Waals surface area contributed by atoms with Crippen LogP contribution in [0.5, 0.6) is 0 Å². The Morgan fingerprint density at radius 3 is 2.20 bits per heavy atom. The van der Waals surface area contributed by atoms with E-state index in [4.69, 9.17) is 4.74 Å². The summed E-state index contributed by atoms with van der Waals surface area (Å²) in [5, 5.41) is 1.56. The third kappa shape index (κ3) is 5.29. The van der Waals surface area contributed by atoms with Gasteiger partial charge in [0.15, 0.2) is 6.10 Å². The van der Waals surface area contributed by atoms with Crippen molar-refractivity contribution in [3.05, 3.63) is 60.2 Å². The van der Waals surface area contributed by atoms with E-state index in [9.17, 15) is 18.4 Å². The molecular weight excluding hydrogens is 348 g/mol. The first-order chi connectivity index (χ1) is 11.9.